The molecule has 1 aromatic rings. The van der Waals surface area contributed by atoms with Crippen LogP contribution < -0.4 is 11.3 Å². The van der Waals surface area contributed by atoms with Crippen LogP contribution in [0.4, 0.5) is 0 Å². The predicted molar refractivity (Wildman–Crippen MR) is 71.0 cm³/mol. The van der Waals surface area contributed by atoms with Gasteiger partial charge in [-0.25, -0.2) is 5.84 Å². The van der Waals surface area contributed by atoms with E-state index in [1.165, 1.54) is 25.5 Å². The van der Waals surface area contributed by atoms with Gasteiger partial charge in [-0.05, 0) is 25.0 Å². The largest absolute Gasteiger partial charge is 0.395 e. The normalized spacial score (nSPS) is 15.3. The number of aliphatic hydroxyl groups excluding tert-OH is 1. The van der Waals surface area contributed by atoms with Crippen molar-refractivity contribution in [1.29, 1.82) is 0 Å². The van der Waals surface area contributed by atoms with Gasteiger partial charge in [-0.3, -0.25) is 20.1 Å². The minimum atomic E-state index is -0.342. The number of carbonyl (C=O) groups excluding carboxylic acids is 1. The van der Waals surface area contributed by atoms with E-state index in [-0.39, 0.29) is 12.5 Å². The van der Waals surface area contributed by atoms with Crippen molar-refractivity contribution in [1.82, 2.24) is 15.3 Å². The summed E-state index contributed by atoms with van der Waals surface area (Å²) in [6.45, 7) is 1.53. The molecule has 0 saturated heterocycles. The third-order valence-corrected chi connectivity index (χ3v) is 3.56. The van der Waals surface area contributed by atoms with Crippen LogP contribution in [0.3, 0.4) is 0 Å². The second kappa shape index (κ2) is 6.60. The number of hydrogen-bond donors (Lipinski definition) is 3. The van der Waals surface area contributed by atoms with Crippen molar-refractivity contribution >= 4 is 5.91 Å². The van der Waals surface area contributed by atoms with Crippen LogP contribution in [0.2, 0.25) is 0 Å². The van der Waals surface area contributed by atoms with Crippen molar-refractivity contribution < 1.29 is 9.90 Å². The summed E-state index contributed by atoms with van der Waals surface area (Å²) < 4.78 is 0. The van der Waals surface area contributed by atoms with E-state index < -0.39 is 0 Å². The van der Waals surface area contributed by atoms with Crippen molar-refractivity contribution in [2.45, 2.75) is 31.8 Å². The van der Waals surface area contributed by atoms with Crippen molar-refractivity contribution in [2.75, 3.05) is 13.2 Å². The second-order valence-electron chi connectivity index (χ2n) is 4.79. The highest BCUT2D eigenvalue weighted by Gasteiger charge is 2.24. The number of nitrogens with zero attached hydrogens (tertiary/aromatic N) is 2. The molecular formula is C13H20N4O2. The van der Waals surface area contributed by atoms with Gasteiger partial charge >= 0.3 is 0 Å². The third kappa shape index (κ3) is 3.50. The van der Waals surface area contributed by atoms with Crippen LogP contribution in [0.15, 0.2) is 18.3 Å². The maximum absolute atomic E-state index is 11.3. The molecule has 6 nitrogen and oxygen atoms in total. The van der Waals surface area contributed by atoms with Crippen LogP contribution in [-0.2, 0) is 6.54 Å². The quantitative estimate of drug-likeness (QED) is 0.383. The van der Waals surface area contributed by atoms with E-state index in [0.29, 0.717) is 24.7 Å². The Morgan fingerprint density at radius 1 is 1.53 bits per heavy atom. The molecule has 0 atom stereocenters. The van der Waals surface area contributed by atoms with E-state index in [9.17, 15) is 4.79 Å². The Labute approximate surface area is 112 Å². The van der Waals surface area contributed by atoms with E-state index in [1.54, 1.807) is 6.07 Å². The molecule has 0 aromatic carbocycles. The molecule has 1 heterocycles. The summed E-state index contributed by atoms with van der Waals surface area (Å²) in [5.41, 5.74) is 3.42. The van der Waals surface area contributed by atoms with E-state index in [2.05, 4.69) is 15.3 Å². The van der Waals surface area contributed by atoms with Gasteiger partial charge in [0.15, 0.2) is 0 Å². The first-order valence-corrected chi connectivity index (χ1v) is 6.55. The van der Waals surface area contributed by atoms with Gasteiger partial charge in [0.25, 0.3) is 5.91 Å². The van der Waals surface area contributed by atoms with Crippen LogP contribution in [0.1, 0.15) is 35.3 Å². The SMILES string of the molecule is NNC(=O)c1ccc(CN(CCO)C2CCC2)nc1. The van der Waals surface area contributed by atoms with Crippen LogP contribution in [0.25, 0.3) is 0 Å². The number of aliphatic hydroxyl groups is 1. The molecule has 0 radical (unpaired) electrons. The Bertz CT molecular complexity index is 417. The van der Waals surface area contributed by atoms with Gasteiger partial charge in [0.05, 0.1) is 17.9 Å². The standard InChI is InChI=1S/C13H20N4O2/c14-16-13(19)10-4-5-11(15-8-10)9-17(6-7-18)12-2-1-3-12/h4-5,8,12,18H,1-3,6-7,9,14H2,(H,16,19). The number of amides is 1. The highest BCUT2D eigenvalue weighted by Crippen LogP contribution is 2.25. The molecular weight excluding hydrogens is 244 g/mol. The fourth-order valence-corrected chi connectivity index (χ4v) is 2.21. The molecule has 0 unspecified atom stereocenters. The minimum Gasteiger partial charge on any atom is -0.395 e. The van der Waals surface area contributed by atoms with Crippen molar-refractivity contribution in [3.63, 3.8) is 0 Å². The predicted octanol–water partition coefficient (Wildman–Crippen LogP) is 0.0319. The number of carbonyl (C=O) groups is 1. The molecule has 1 aliphatic carbocycles. The average Bonchev–Trinajstić information content (AvgIpc) is 2.37. The maximum atomic E-state index is 11.3. The Morgan fingerprint density at radius 3 is 2.79 bits per heavy atom. The smallest absolute Gasteiger partial charge is 0.266 e. The van der Waals surface area contributed by atoms with E-state index in [4.69, 9.17) is 10.9 Å². The molecule has 1 amide bonds. The molecule has 0 bridgehead atoms. The van der Waals surface area contributed by atoms with Crippen molar-refractivity contribution in [3.05, 3.63) is 29.6 Å². The first-order valence-electron chi connectivity index (χ1n) is 6.55. The number of nitrogens with two attached hydrogens (primary N) is 1. The number of nitrogens with one attached hydrogen (secondary N) is 1. The number of rotatable bonds is 6. The summed E-state index contributed by atoms with van der Waals surface area (Å²) in [5.74, 6) is 4.72. The Morgan fingerprint density at radius 2 is 2.32 bits per heavy atom. The Kier molecular flexibility index (Phi) is 4.84. The zero-order valence-corrected chi connectivity index (χ0v) is 10.9. The molecule has 1 aliphatic rings. The highest BCUT2D eigenvalue weighted by molar-refractivity contribution is 5.93. The fraction of sp³-hybridized carbons (Fsp3) is 0.538. The summed E-state index contributed by atoms with van der Waals surface area (Å²) in [6, 6.07) is 4.09. The summed E-state index contributed by atoms with van der Waals surface area (Å²) in [4.78, 5) is 17.8. The van der Waals surface area contributed by atoms with Crippen LogP contribution >= 0.6 is 0 Å². The Hall–Kier alpha value is -1.50. The lowest BCUT2D eigenvalue weighted by Gasteiger charge is -2.37. The number of pyridine rings is 1. The third-order valence-electron chi connectivity index (χ3n) is 3.56. The molecule has 0 aliphatic heterocycles. The molecule has 1 aromatic heterocycles. The summed E-state index contributed by atoms with van der Waals surface area (Å²) in [7, 11) is 0. The molecule has 1 fully saturated rings. The Balaban J connectivity index is 1.98. The molecule has 6 heteroatoms. The lowest BCUT2D eigenvalue weighted by molar-refractivity contribution is 0.0931. The van der Waals surface area contributed by atoms with E-state index in [1.807, 2.05) is 6.07 Å². The summed E-state index contributed by atoms with van der Waals surface area (Å²) >= 11 is 0. The zero-order chi connectivity index (χ0) is 13.7. The van der Waals surface area contributed by atoms with Crippen molar-refractivity contribution in [3.8, 4) is 0 Å². The molecule has 4 N–H and O–H groups in total. The molecule has 2 rings (SSSR count). The van der Waals surface area contributed by atoms with Gasteiger partial charge in [0.1, 0.15) is 0 Å². The van der Waals surface area contributed by atoms with Crippen LogP contribution in [0, 0.1) is 0 Å². The second-order valence-corrected chi connectivity index (χ2v) is 4.79. The summed E-state index contributed by atoms with van der Waals surface area (Å²) in [5, 5.41) is 9.10. The molecule has 1 saturated carbocycles. The molecule has 19 heavy (non-hydrogen) atoms. The molecule has 104 valence electrons. The number of aromatic nitrogens is 1. The monoisotopic (exact) mass is 264 g/mol. The van der Waals surface area contributed by atoms with E-state index in [0.717, 1.165) is 5.69 Å². The van der Waals surface area contributed by atoms with Gasteiger partial charge in [0, 0.05) is 25.3 Å². The minimum absolute atomic E-state index is 0.157. The highest BCUT2D eigenvalue weighted by atomic mass is 16.3. The first kappa shape index (κ1) is 13.9. The van der Waals surface area contributed by atoms with Gasteiger partial charge in [-0.1, -0.05) is 6.42 Å². The van der Waals surface area contributed by atoms with Gasteiger partial charge in [0.2, 0.25) is 0 Å². The maximum Gasteiger partial charge on any atom is 0.266 e. The number of nitrogen functional groups attached to an aromatic ring is 1. The topological polar surface area (TPSA) is 91.5 Å². The number of hydrogen-bond acceptors (Lipinski definition) is 5. The lowest BCUT2D eigenvalue weighted by Crippen LogP contribution is -2.41. The first-order chi connectivity index (χ1) is 9.24. The van der Waals surface area contributed by atoms with Crippen molar-refractivity contribution in [2.24, 2.45) is 5.84 Å². The van der Waals surface area contributed by atoms with Gasteiger partial charge in [-0.2, -0.15) is 0 Å². The lowest BCUT2D eigenvalue weighted by atomic mass is 9.91. The van der Waals surface area contributed by atoms with Gasteiger partial charge in [-0.15, -0.1) is 0 Å². The molecule has 0 spiro atoms. The van der Waals surface area contributed by atoms with Crippen LogP contribution in [-0.4, -0.2) is 40.1 Å². The summed E-state index contributed by atoms with van der Waals surface area (Å²) in [6.07, 6.45) is 5.16. The van der Waals surface area contributed by atoms with Crippen LogP contribution in [0.5, 0.6) is 0 Å². The van der Waals surface area contributed by atoms with E-state index >= 15 is 0 Å². The number of hydrazine groups is 1. The fourth-order valence-electron chi connectivity index (χ4n) is 2.21. The van der Waals surface area contributed by atoms with Gasteiger partial charge < -0.3 is 5.11 Å². The average molecular weight is 264 g/mol. The zero-order valence-electron chi connectivity index (χ0n) is 10.9.